The molecule has 0 bridgehead atoms. The topological polar surface area (TPSA) is 78.1 Å². The summed E-state index contributed by atoms with van der Waals surface area (Å²) in [4.78, 5) is 32.9. The Hall–Kier alpha value is -2.69. The number of hydrogen-bond donors (Lipinski definition) is 2. The first kappa shape index (κ1) is 12.1. The maximum Gasteiger partial charge on any atom is 0.327 e. The zero-order valence-corrected chi connectivity index (χ0v) is 11.2. The van der Waals surface area contributed by atoms with Crippen LogP contribution in [0.4, 0.5) is 0 Å². The minimum atomic E-state index is -0.521. The number of nitrogens with one attached hydrogen (secondary N) is 2. The van der Waals surface area contributed by atoms with Gasteiger partial charge in [-0.2, -0.15) is 0 Å². The van der Waals surface area contributed by atoms with Crippen LogP contribution in [-0.2, 0) is 5.54 Å². The summed E-state index contributed by atoms with van der Waals surface area (Å²) in [6, 6.07) is 8.10. The highest BCUT2D eigenvalue weighted by Crippen LogP contribution is 2.40. The fourth-order valence-corrected chi connectivity index (χ4v) is 3.15. The molecule has 0 fully saturated rings. The Labute approximate surface area is 119 Å². The molecule has 5 nitrogen and oxygen atoms in total. The van der Waals surface area contributed by atoms with Gasteiger partial charge in [0.2, 0.25) is 0 Å². The lowest BCUT2D eigenvalue weighted by Crippen LogP contribution is -2.52. The Morgan fingerprint density at radius 3 is 2.86 bits per heavy atom. The molecule has 2 N–H and O–H groups in total. The summed E-state index contributed by atoms with van der Waals surface area (Å²) >= 11 is 0. The van der Waals surface area contributed by atoms with Crippen molar-refractivity contribution in [1.82, 2.24) is 9.97 Å². The minimum absolute atomic E-state index is 0.375. The zero-order valence-electron chi connectivity index (χ0n) is 11.2. The van der Waals surface area contributed by atoms with E-state index in [-0.39, 0.29) is 5.56 Å². The van der Waals surface area contributed by atoms with Crippen LogP contribution in [0.5, 0.6) is 0 Å². The number of rotatable bonds is 0. The molecule has 0 saturated carbocycles. The first-order valence-corrected chi connectivity index (χ1v) is 6.87. The SMILES string of the molecule is O=c1[nH]c(=O)c2c([nH]1)=NC1(CC=Cc3ccccc31)CC=2. The molecular weight excluding hydrogens is 266 g/mol. The Bertz CT molecular complexity index is 997. The van der Waals surface area contributed by atoms with Crippen LogP contribution in [0.1, 0.15) is 24.0 Å². The highest BCUT2D eigenvalue weighted by atomic mass is 16.2. The Kier molecular flexibility index (Phi) is 2.39. The van der Waals surface area contributed by atoms with E-state index in [0.717, 1.165) is 17.5 Å². The molecule has 0 amide bonds. The molecule has 104 valence electrons. The van der Waals surface area contributed by atoms with E-state index in [4.69, 9.17) is 4.99 Å². The predicted molar refractivity (Wildman–Crippen MR) is 79.3 cm³/mol. The average Bonchev–Trinajstić information content (AvgIpc) is 2.47. The van der Waals surface area contributed by atoms with Gasteiger partial charge >= 0.3 is 5.69 Å². The summed E-state index contributed by atoms with van der Waals surface area (Å²) in [5.74, 6) is 0. The number of benzene rings is 1. The second-order valence-corrected chi connectivity index (χ2v) is 5.42. The molecule has 1 aromatic carbocycles. The van der Waals surface area contributed by atoms with Gasteiger partial charge in [-0.15, -0.1) is 0 Å². The number of fused-ring (bicyclic) bond motifs is 3. The van der Waals surface area contributed by atoms with Crippen LogP contribution in [0.3, 0.4) is 0 Å². The number of hydrogen-bond acceptors (Lipinski definition) is 3. The van der Waals surface area contributed by atoms with Gasteiger partial charge in [-0.25, -0.2) is 4.79 Å². The summed E-state index contributed by atoms with van der Waals surface area (Å²) < 4.78 is 0. The van der Waals surface area contributed by atoms with E-state index in [9.17, 15) is 9.59 Å². The van der Waals surface area contributed by atoms with Crippen LogP contribution in [0.25, 0.3) is 12.2 Å². The molecule has 2 aromatic rings. The predicted octanol–water partition coefficient (Wildman–Crippen LogP) is 0.179. The van der Waals surface area contributed by atoms with Crippen LogP contribution >= 0.6 is 0 Å². The highest BCUT2D eigenvalue weighted by molar-refractivity contribution is 5.60. The molecule has 4 rings (SSSR count). The smallest absolute Gasteiger partial charge is 0.292 e. The third-order valence-corrected chi connectivity index (χ3v) is 4.14. The molecule has 1 spiro atoms. The quantitative estimate of drug-likeness (QED) is 0.721. The summed E-state index contributed by atoms with van der Waals surface area (Å²) in [6.07, 6.45) is 7.46. The lowest BCUT2D eigenvalue weighted by atomic mass is 9.77. The van der Waals surface area contributed by atoms with Crippen molar-refractivity contribution in [2.75, 3.05) is 0 Å². The lowest BCUT2D eigenvalue weighted by molar-refractivity contribution is 0.441. The number of H-pyrrole nitrogens is 2. The normalized spacial score (nSPS) is 22.1. The van der Waals surface area contributed by atoms with E-state index in [2.05, 4.69) is 34.3 Å². The summed E-state index contributed by atoms with van der Waals surface area (Å²) in [5, 5.41) is 0.451. The van der Waals surface area contributed by atoms with Gasteiger partial charge in [-0.1, -0.05) is 42.5 Å². The third-order valence-electron chi connectivity index (χ3n) is 4.14. The maximum atomic E-state index is 11.8. The third kappa shape index (κ3) is 1.74. The Balaban J connectivity index is 2.05. The van der Waals surface area contributed by atoms with Gasteiger partial charge in [0.25, 0.3) is 5.56 Å². The molecule has 1 aliphatic carbocycles. The van der Waals surface area contributed by atoms with Crippen LogP contribution in [0.2, 0.25) is 0 Å². The van der Waals surface area contributed by atoms with Crippen LogP contribution < -0.4 is 22.0 Å². The monoisotopic (exact) mass is 279 g/mol. The van der Waals surface area contributed by atoms with Crippen molar-refractivity contribution in [3.63, 3.8) is 0 Å². The standard InChI is InChI=1S/C16H13N3O2/c20-14-11-7-9-16(19-13(11)17-15(21)18-14)8-3-5-10-4-1-2-6-12(10)16/h1-7H,8-9H2,(H2,17,18,19,20,21). The van der Waals surface area contributed by atoms with Crippen LogP contribution in [0.15, 0.2) is 44.9 Å². The van der Waals surface area contributed by atoms with Gasteiger partial charge in [0.15, 0.2) is 0 Å². The first-order valence-electron chi connectivity index (χ1n) is 6.87. The number of nitrogens with zero attached hydrogens (tertiary/aromatic N) is 1. The molecule has 1 atom stereocenters. The van der Waals surface area contributed by atoms with Crippen LogP contribution in [-0.4, -0.2) is 9.97 Å². The van der Waals surface area contributed by atoms with Gasteiger partial charge in [0.1, 0.15) is 5.49 Å². The van der Waals surface area contributed by atoms with Gasteiger partial charge in [-0.05, 0) is 24.0 Å². The fourth-order valence-electron chi connectivity index (χ4n) is 3.15. The second kappa shape index (κ2) is 4.15. The van der Waals surface area contributed by atoms with Gasteiger partial charge in [0, 0.05) is 0 Å². The summed E-state index contributed by atoms with van der Waals surface area (Å²) in [6.45, 7) is 0. The van der Waals surface area contributed by atoms with Crippen molar-refractivity contribution < 1.29 is 0 Å². The molecule has 1 unspecified atom stereocenters. The Morgan fingerprint density at radius 1 is 1.10 bits per heavy atom. The lowest BCUT2D eigenvalue weighted by Gasteiger charge is -2.33. The van der Waals surface area contributed by atoms with Crippen molar-refractivity contribution in [1.29, 1.82) is 0 Å². The van der Waals surface area contributed by atoms with Gasteiger partial charge in [0.05, 0.1) is 10.8 Å². The van der Waals surface area contributed by atoms with E-state index in [1.807, 2.05) is 18.2 Å². The molecule has 0 saturated heterocycles. The van der Waals surface area contributed by atoms with Gasteiger partial charge in [-0.3, -0.25) is 19.8 Å². The minimum Gasteiger partial charge on any atom is -0.292 e. The second-order valence-electron chi connectivity index (χ2n) is 5.42. The van der Waals surface area contributed by atoms with Crippen LogP contribution in [0, 0.1) is 0 Å². The van der Waals surface area contributed by atoms with Gasteiger partial charge < -0.3 is 0 Å². The molecular formula is C16H13N3O2. The highest BCUT2D eigenvalue weighted by Gasteiger charge is 2.34. The average molecular weight is 279 g/mol. The zero-order chi connectivity index (χ0) is 14.4. The van der Waals surface area contributed by atoms with E-state index in [1.54, 1.807) is 0 Å². The molecule has 0 radical (unpaired) electrons. The number of aromatic nitrogens is 2. The number of aromatic amines is 2. The van der Waals surface area contributed by atoms with Crippen molar-refractivity contribution >= 4 is 12.2 Å². The molecule has 5 heteroatoms. The molecule has 21 heavy (non-hydrogen) atoms. The summed E-state index contributed by atoms with van der Waals surface area (Å²) in [7, 11) is 0. The molecule has 2 heterocycles. The molecule has 1 aliphatic heterocycles. The first-order chi connectivity index (χ1) is 10.2. The molecule has 2 aliphatic rings. The maximum absolute atomic E-state index is 11.8. The fraction of sp³-hybridized carbons (Fsp3) is 0.188. The van der Waals surface area contributed by atoms with E-state index in [0.29, 0.717) is 17.1 Å². The van der Waals surface area contributed by atoms with E-state index < -0.39 is 11.2 Å². The van der Waals surface area contributed by atoms with Crippen molar-refractivity contribution in [3.05, 3.63) is 73.0 Å². The van der Waals surface area contributed by atoms with Crippen molar-refractivity contribution in [3.8, 4) is 0 Å². The molecule has 1 aromatic heterocycles. The van der Waals surface area contributed by atoms with E-state index in [1.165, 1.54) is 0 Å². The van der Waals surface area contributed by atoms with Crippen molar-refractivity contribution in [2.45, 2.75) is 18.4 Å². The van der Waals surface area contributed by atoms with E-state index >= 15 is 0 Å². The Morgan fingerprint density at radius 2 is 1.95 bits per heavy atom. The summed E-state index contributed by atoms with van der Waals surface area (Å²) in [5.41, 5.74) is 1.32. The largest absolute Gasteiger partial charge is 0.327 e. The van der Waals surface area contributed by atoms with Crippen molar-refractivity contribution in [2.24, 2.45) is 4.99 Å².